The standard InChI is InChI=1S/C34H34BrCl2N3O4S/c1-3-24(2)38-34(42)32(21-25-10-6-4-7-11-25)39(22-26-14-19-30(36)31(37)20-26)33(41)23-40(28-17-15-27(35)16-18-28)45(43,44)29-12-8-5-9-13-29/h4-20,24,32H,3,21-23H2,1-2H3,(H,38,42)/t24-,32+/m0/s1. The first-order valence-corrected chi connectivity index (χ1v) is 17.4. The summed E-state index contributed by atoms with van der Waals surface area (Å²) in [5, 5.41) is 3.67. The van der Waals surface area contributed by atoms with E-state index in [-0.39, 0.29) is 29.8 Å². The molecule has 0 aliphatic heterocycles. The quantitative estimate of drug-likeness (QED) is 0.154. The first kappa shape index (κ1) is 34.5. The Balaban J connectivity index is 1.81. The molecule has 0 saturated heterocycles. The molecular formula is C34H34BrCl2N3O4S. The molecule has 2 atom stereocenters. The van der Waals surface area contributed by atoms with Gasteiger partial charge in [-0.2, -0.15) is 0 Å². The molecule has 0 unspecified atom stereocenters. The number of carbonyl (C=O) groups is 2. The van der Waals surface area contributed by atoms with Gasteiger partial charge in [-0.15, -0.1) is 0 Å². The van der Waals surface area contributed by atoms with Gasteiger partial charge < -0.3 is 10.2 Å². The lowest BCUT2D eigenvalue weighted by Crippen LogP contribution is -2.54. The van der Waals surface area contributed by atoms with Crippen LogP contribution < -0.4 is 9.62 Å². The number of nitrogens with one attached hydrogen (secondary N) is 1. The number of halogens is 3. The molecule has 45 heavy (non-hydrogen) atoms. The van der Waals surface area contributed by atoms with E-state index in [9.17, 15) is 18.0 Å². The molecule has 0 aliphatic carbocycles. The zero-order chi connectivity index (χ0) is 32.6. The molecular weight excluding hydrogens is 697 g/mol. The normalized spacial score (nSPS) is 12.6. The van der Waals surface area contributed by atoms with Crippen molar-refractivity contribution in [2.45, 2.75) is 50.2 Å². The molecule has 4 rings (SSSR count). The molecule has 0 aromatic heterocycles. The van der Waals surface area contributed by atoms with Crippen LogP contribution >= 0.6 is 39.1 Å². The summed E-state index contributed by atoms with van der Waals surface area (Å²) in [6, 6.07) is 27.9. The van der Waals surface area contributed by atoms with Gasteiger partial charge in [-0.3, -0.25) is 13.9 Å². The second-order valence-electron chi connectivity index (χ2n) is 10.6. The van der Waals surface area contributed by atoms with Crippen molar-refractivity contribution in [1.29, 1.82) is 0 Å². The monoisotopic (exact) mass is 729 g/mol. The Labute approximate surface area is 283 Å². The summed E-state index contributed by atoms with van der Waals surface area (Å²) in [7, 11) is -4.18. The van der Waals surface area contributed by atoms with Crippen LogP contribution in [0, 0.1) is 0 Å². The Bertz CT molecular complexity index is 1710. The average molecular weight is 732 g/mol. The number of hydrogen-bond acceptors (Lipinski definition) is 4. The van der Waals surface area contributed by atoms with E-state index < -0.39 is 28.5 Å². The van der Waals surface area contributed by atoms with Crippen LogP contribution in [0.15, 0.2) is 112 Å². The Hall–Kier alpha value is -3.37. The fourth-order valence-corrected chi connectivity index (χ4v) is 6.71. The zero-order valence-corrected chi connectivity index (χ0v) is 28.8. The molecule has 0 bridgehead atoms. The molecule has 0 fully saturated rings. The number of nitrogens with zero attached hydrogens (tertiary/aromatic N) is 2. The molecule has 4 aromatic rings. The lowest BCUT2D eigenvalue weighted by atomic mass is 10.0. The van der Waals surface area contributed by atoms with Crippen LogP contribution in [0.2, 0.25) is 10.0 Å². The van der Waals surface area contributed by atoms with Crippen LogP contribution in [0.5, 0.6) is 0 Å². The van der Waals surface area contributed by atoms with Crippen molar-refractivity contribution in [1.82, 2.24) is 10.2 Å². The number of rotatable bonds is 13. The third-order valence-corrected chi connectivity index (χ3v) is 10.4. The average Bonchev–Trinajstić information content (AvgIpc) is 3.04. The van der Waals surface area contributed by atoms with E-state index in [1.165, 1.54) is 17.0 Å². The molecule has 7 nitrogen and oxygen atoms in total. The summed E-state index contributed by atoms with van der Waals surface area (Å²) < 4.78 is 29.9. The number of sulfonamides is 1. The number of hydrogen-bond donors (Lipinski definition) is 1. The summed E-state index contributed by atoms with van der Waals surface area (Å²) in [6.07, 6.45) is 0.900. The van der Waals surface area contributed by atoms with Crippen LogP contribution in [0.3, 0.4) is 0 Å². The summed E-state index contributed by atoms with van der Waals surface area (Å²) in [4.78, 5) is 29.8. The molecule has 236 valence electrons. The molecule has 1 N–H and O–H groups in total. The van der Waals surface area contributed by atoms with Gasteiger partial charge in [0, 0.05) is 23.5 Å². The van der Waals surface area contributed by atoms with Crippen LogP contribution in [-0.4, -0.2) is 43.8 Å². The van der Waals surface area contributed by atoms with E-state index in [2.05, 4.69) is 21.2 Å². The highest BCUT2D eigenvalue weighted by molar-refractivity contribution is 9.10. The van der Waals surface area contributed by atoms with E-state index in [1.807, 2.05) is 44.2 Å². The van der Waals surface area contributed by atoms with Gasteiger partial charge >= 0.3 is 0 Å². The van der Waals surface area contributed by atoms with Gasteiger partial charge in [-0.25, -0.2) is 8.42 Å². The maximum atomic E-state index is 14.5. The van der Waals surface area contributed by atoms with Crippen molar-refractivity contribution in [2.75, 3.05) is 10.8 Å². The lowest BCUT2D eigenvalue weighted by Gasteiger charge is -2.34. The molecule has 0 radical (unpaired) electrons. The minimum atomic E-state index is -4.18. The van der Waals surface area contributed by atoms with Crippen molar-refractivity contribution in [3.05, 3.63) is 129 Å². The largest absolute Gasteiger partial charge is 0.352 e. The maximum absolute atomic E-state index is 14.5. The minimum Gasteiger partial charge on any atom is -0.352 e. The van der Waals surface area contributed by atoms with Crippen molar-refractivity contribution < 1.29 is 18.0 Å². The number of amides is 2. The molecule has 4 aromatic carbocycles. The third-order valence-electron chi connectivity index (χ3n) is 7.33. The second kappa shape index (κ2) is 15.8. The highest BCUT2D eigenvalue weighted by Crippen LogP contribution is 2.28. The van der Waals surface area contributed by atoms with Crippen LogP contribution in [0.25, 0.3) is 0 Å². The molecule has 0 aliphatic rings. The van der Waals surface area contributed by atoms with Crippen LogP contribution in [0.4, 0.5) is 5.69 Å². The van der Waals surface area contributed by atoms with Crippen LogP contribution in [-0.2, 0) is 32.6 Å². The Morgan fingerprint density at radius 1 is 0.844 bits per heavy atom. The van der Waals surface area contributed by atoms with Gasteiger partial charge in [0.25, 0.3) is 10.0 Å². The van der Waals surface area contributed by atoms with Crippen molar-refractivity contribution >= 4 is 66.7 Å². The second-order valence-corrected chi connectivity index (χ2v) is 14.2. The maximum Gasteiger partial charge on any atom is 0.264 e. The van der Waals surface area contributed by atoms with E-state index in [4.69, 9.17) is 23.2 Å². The van der Waals surface area contributed by atoms with E-state index in [0.717, 1.165) is 14.3 Å². The Morgan fingerprint density at radius 2 is 1.47 bits per heavy atom. The molecule has 0 spiro atoms. The SMILES string of the molecule is CC[C@H](C)NC(=O)[C@@H](Cc1ccccc1)N(Cc1ccc(Cl)c(Cl)c1)C(=O)CN(c1ccc(Br)cc1)S(=O)(=O)c1ccccc1. The van der Waals surface area contributed by atoms with Gasteiger partial charge in [-0.1, -0.05) is 101 Å². The van der Waals surface area contributed by atoms with Gasteiger partial charge in [0.2, 0.25) is 11.8 Å². The van der Waals surface area contributed by atoms with Crippen molar-refractivity contribution in [3.8, 4) is 0 Å². The van der Waals surface area contributed by atoms with Gasteiger partial charge in [-0.05, 0) is 73.0 Å². The smallest absolute Gasteiger partial charge is 0.264 e. The number of benzene rings is 4. The Kier molecular flexibility index (Phi) is 12.1. The minimum absolute atomic E-state index is 0.0132. The molecule has 2 amide bonds. The summed E-state index contributed by atoms with van der Waals surface area (Å²) in [6.45, 7) is 3.29. The van der Waals surface area contributed by atoms with E-state index >= 15 is 0 Å². The molecule has 11 heteroatoms. The number of carbonyl (C=O) groups excluding carboxylic acids is 2. The fraction of sp³-hybridized carbons (Fsp3) is 0.235. The van der Waals surface area contributed by atoms with Crippen molar-refractivity contribution in [2.24, 2.45) is 0 Å². The lowest BCUT2D eigenvalue weighted by molar-refractivity contribution is -0.140. The predicted molar refractivity (Wildman–Crippen MR) is 184 cm³/mol. The van der Waals surface area contributed by atoms with Crippen LogP contribution in [0.1, 0.15) is 31.4 Å². The van der Waals surface area contributed by atoms with Gasteiger partial charge in [0.1, 0.15) is 12.6 Å². The first-order chi connectivity index (χ1) is 21.5. The number of anilines is 1. The zero-order valence-electron chi connectivity index (χ0n) is 24.9. The predicted octanol–water partition coefficient (Wildman–Crippen LogP) is 7.51. The Morgan fingerprint density at radius 3 is 2.07 bits per heavy atom. The highest BCUT2D eigenvalue weighted by atomic mass is 79.9. The van der Waals surface area contributed by atoms with Gasteiger partial charge in [0.15, 0.2) is 0 Å². The van der Waals surface area contributed by atoms with E-state index in [1.54, 1.807) is 60.7 Å². The summed E-state index contributed by atoms with van der Waals surface area (Å²) in [5.74, 6) is -0.911. The highest BCUT2D eigenvalue weighted by Gasteiger charge is 2.35. The van der Waals surface area contributed by atoms with Gasteiger partial charge in [0.05, 0.1) is 20.6 Å². The summed E-state index contributed by atoms with van der Waals surface area (Å²) in [5.41, 5.74) is 1.78. The topological polar surface area (TPSA) is 86.8 Å². The summed E-state index contributed by atoms with van der Waals surface area (Å²) >= 11 is 15.9. The fourth-order valence-electron chi connectivity index (χ4n) is 4.69. The van der Waals surface area contributed by atoms with E-state index in [0.29, 0.717) is 27.7 Å². The molecule has 0 saturated carbocycles. The first-order valence-electron chi connectivity index (χ1n) is 14.4. The third kappa shape index (κ3) is 9.10. The van der Waals surface area contributed by atoms with Crippen molar-refractivity contribution in [3.63, 3.8) is 0 Å². The molecule has 0 heterocycles.